The molecule has 2 aliphatic heterocycles. The van der Waals surface area contributed by atoms with Crippen LogP contribution in [0.15, 0.2) is 0 Å². The van der Waals surface area contributed by atoms with E-state index in [2.05, 4.69) is 6.92 Å². The Bertz CT molecular complexity index is 398. The van der Waals surface area contributed by atoms with Gasteiger partial charge in [0.1, 0.15) is 0 Å². The average molecular weight is 294 g/mol. The molecule has 1 atom stereocenters. The lowest BCUT2D eigenvalue weighted by Crippen LogP contribution is -3.14. The SMILES string of the molecule is CC[NH+]1CCN(C(=O)[C@H]2CC(=O)N(C3CCCC3)C2)CC1. The zero-order valence-electron chi connectivity index (χ0n) is 13.1. The summed E-state index contributed by atoms with van der Waals surface area (Å²) in [6.07, 6.45) is 5.16. The van der Waals surface area contributed by atoms with E-state index in [1.165, 1.54) is 12.8 Å². The number of hydrogen-bond donors (Lipinski definition) is 1. The van der Waals surface area contributed by atoms with Crippen LogP contribution in [0.1, 0.15) is 39.0 Å². The van der Waals surface area contributed by atoms with Crippen LogP contribution in [0, 0.1) is 5.92 Å². The lowest BCUT2D eigenvalue weighted by atomic mass is 10.1. The quantitative estimate of drug-likeness (QED) is 0.764. The van der Waals surface area contributed by atoms with Gasteiger partial charge in [-0.05, 0) is 19.8 Å². The Kier molecular flexibility index (Phi) is 4.48. The van der Waals surface area contributed by atoms with Crippen LogP contribution in [0.4, 0.5) is 0 Å². The van der Waals surface area contributed by atoms with Crippen LogP contribution in [0.25, 0.3) is 0 Å². The smallest absolute Gasteiger partial charge is 0.228 e. The molecule has 0 aromatic carbocycles. The van der Waals surface area contributed by atoms with Crippen molar-refractivity contribution < 1.29 is 14.5 Å². The first-order chi connectivity index (χ1) is 10.2. The molecule has 2 saturated heterocycles. The molecule has 3 rings (SSSR count). The molecule has 1 saturated carbocycles. The Morgan fingerprint density at radius 1 is 1.24 bits per heavy atom. The number of hydrogen-bond acceptors (Lipinski definition) is 2. The summed E-state index contributed by atoms with van der Waals surface area (Å²) in [7, 11) is 0. The van der Waals surface area contributed by atoms with Gasteiger partial charge in [0.2, 0.25) is 11.8 Å². The summed E-state index contributed by atoms with van der Waals surface area (Å²) < 4.78 is 0. The minimum Gasteiger partial charge on any atom is -0.339 e. The van der Waals surface area contributed by atoms with Gasteiger partial charge in [-0.2, -0.15) is 0 Å². The third-order valence-electron chi connectivity index (χ3n) is 5.56. The van der Waals surface area contributed by atoms with E-state index in [0.717, 1.165) is 45.6 Å². The van der Waals surface area contributed by atoms with E-state index >= 15 is 0 Å². The van der Waals surface area contributed by atoms with Crippen LogP contribution < -0.4 is 4.90 Å². The molecular formula is C16H28N3O2+. The molecule has 0 aromatic heterocycles. The van der Waals surface area contributed by atoms with Crippen LogP contribution in [-0.2, 0) is 9.59 Å². The molecule has 2 heterocycles. The minimum absolute atomic E-state index is 0.0822. The van der Waals surface area contributed by atoms with Gasteiger partial charge in [-0.1, -0.05) is 12.8 Å². The molecule has 5 heteroatoms. The molecular weight excluding hydrogens is 266 g/mol. The van der Waals surface area contributed by atoms with Crippen molar-refractivity contribution in [3.8, 4) is 0 Å². The van der Waals surface area contributed by atoms with Gasteiger partial charge in [-0.25, -0.2) is 0 Å². The fourth-order valence-electron chi connectivity index (χ4n) is 4.12. The highest BCUT2D eigenvalue weighted by molar-refractivity contribution is 5.89. The molecule has 0 radical (unpaired) electrons. The van der Waals surface area contributed by atoms with Crippen molar-refractivity contribution in [2.24, 2.45) is 5.92 Å². The maximum Gasteiger partial charge on any atom is 0.228 e. The Labute approximate surface area is 127 Å². The van der Waals surface area contributed by atoms with E-state index in [9.17, 15) is 9.59 Å². The van der Waals surface area contributed by atoms with Gasteiger partial charge in [0.05, 0.1) is 38.6 Å². The molecule has 0 bridgehead atoms. The second kappa shape index (κ2) is 6.34. The first-order valence-electron chi connectivity index (χ1n) is 8.61. The van der Waals surface area contributed by atoms with E-state index in [0.29, 0.717) is 19.0 Å². The number of quaternary nitrogens is 1. The normalized spacial score (nSPS) is 28.6. The van der Waals surface area contributed by atoms with Crippen molar-refractivity contribution in [3.63, 3.8) is 0 Å². The van der Waals surface area contributed by atoms with E-state index in [1.54, 1.807) is 4.90 Å². The fraction of sp³-hybridized carbons (Fsp3) is 0.875. The molecule has 3 fully saturated rings. The molecule has 1 aliphatic carbocycles. The molecule has 0 unspecified atom stereocenters. The van der Waals surface area contributed by atoms with Crippen LogP contribution >= 0.6 is 0 Å². The highest BCUT2D eigenvalue weighted by Crippen LogP contribution is 2.30. The lowest BCUT2D eigenvalue weighted by molar-refractivity contribution is -0.902. The van der Waals surface area contributed by atoms with E-state index in [4.69, 9.17) is 0 Å². The Hall–Kier alpha value is -1.10. The first kappa shape index (κ1) is 14.8. The monoisotopic (exact) mass is 294 g/mol. The van der Waals surface area contributed by atoms with Gasteiger partial charge >= 0.3 is 0 Å². The zero-order valence-corrected chi connectivity index (χ0v) is 13.1. The molecule has 1 N–H and O–H groups in total. The Morgan fingerprint density at radius 3 is 2.52 bits per heavy atom. The van der Waals surface area contributed by atoms with Crippen LogP contribution in [0.3, 0.4) is 0 Å². The molecule has 0 spiro atoms. The minimum atomic E-state index is -0.0822. The van der Waals surface area contributed by atoms with Gasteiger partial charge in [-0.15, -0.1) is 0 Å². The van der Waals surface area contributed by atoms with Gasteiger partial charge < -0.3 is 14.7 Å². The predicted octanol–water partition coefficient (Wildman–Crippen LogP) is -0.475. The van der Waals surface area contributed by atoms with Crippen molar-refractivity contribution >= 4 is 11.8 Å². The number of likely N-dealkylation sites (N-methyl/N-ethyl adjacent to an activating group) is 1. The number of nitrogens with one attached hydrogen (secondary N) is 1. The van der Waals surface area contributed by atoms with Gasteiger partial charge in [0.25, 0.3) is 0 Å². The van der Waals surface area contributed by atoms with Crippen LogP contribution in [0.5, 0.6) is 0 Å². The number of carbonyl (C=O) groups excluding carboxylic acids is 2. The highest BCUT2D eigenvalue weighted by atomic mass is 16.2. The molecule has 0 aromatic rings. The second-order valence-corrected chi connectivity index (χ2v) is 6.81. The van der Waals surface area contributed by atoms with Gasteiger partial charge in [0, 0.05) is 19.0 Å². The number of rotatable bonds is 3. The van der Waals surface area contributed by atoms with Crippen molar-refractivity contribution in [1.82, 2.24) is 9.80 Å². The molecule has 21 heavy (non-hydrogen) atoms. The summed E-state index contributed by atoms with van der Waals surface area (Å²) in [5, 5.41) is 0. The first-order valence-corrected chi connectivity index (χ1v) is 8.61. The maximum absolute atomic E-state index is 12.6. The number of likely N-dealkylation sites (tertiary alicyclic amines) is 1. The predicted molar refractivity (Wildman–Crippen MR) is 79.9 cm³/mol. The molecule has 5 nitrogen and oxygen atoms in total. The van der Waals surface area contributed by atoms with Gasteiger partial charge in [-0.3, -0.25) is 9.59 Å². The number of carbonyl (C=O) groups is 2. The van der Waals surface area contributed by atoms with Crippen LogP contribution in [-0.4, -0.2) is 66.9 Å². The number of nitrogens with zero attached hydrogens (tertiary/aromatic N) is 2. The Balaban J connectivity index is 1.55. The molecule has 2 amide bonds. The zero-order chi connectivity index (χ0) is 14.8. The van der Waals surface area contributed by atoms with Crippen molar-refractivity contribution in [3.05, 3.63) is 0 Å². The summed E-state index contributed by atoms with van der Waals surface area (Å²) in [5.74, 6) is 0.346. The lowest BCUT2D eigenvalue weighted by Gasteiger charge is -2.33. The summed E-state index contributed by atoms with van der Waals surface area (Å²) >= 11 is 0. The summed E-state index contributed by atoms with van der Waals surface area (Å²) in [6.45, 7) is 7.82. The van der Waals surface area contributed by atoms with Crippen molar-refractivity contribution in [2.45, 2.75) is 45.1 Å². The summed E-state index contributed by atoms with van der Waals surface area (Å²) in [4.78, 5) is 30.4. The molecule has 118 valence electrons. The third-order valence-corrected chi connectivity index (χ3v) is 5.56. The van der Waals surface area contributed by atoms with E-state index in [-0.39, 0.29) is 17.7 Å². The maximum atomic E-state index is 12.6. The van der Waals surface area contributed by atoms with Crippen molar-refractivity contribution in [2.75, 3.05) is 39.3 Å². The standard InChI is InChI=1S/C16H27N3O2/c1-2-17-7-9-18(10-8-17)16(21)13-11-15(20)19(12-13)14-5-3-4-6-14/h13-14H,2-12H2,1H3/p+1/t13-/m0/s1. The number of amides is 2. The Morgan fingerprint density at radius 2 is 1.90 bits per heavy atom. The number of piperazine rings is 1. The third kappa shape index (κ3) is 3.07. The van der Waals surface area contributed by atoms with E-state index < -0.39 is 0 Å². The largest absolute Gasteiger partial charge is 0.339 e. The topological polar surface area (TPSA) is 45.1 Å². The average Bonchev–Trinajstić information content (AvgIpc) is 3.15. The summed E-state index contributed by atoms with van der Waals surface area (Å²) in [5.41, 5.74) is 0. The second-order valence-electron chi connectivity index (χ2n) is 6.81. The van der Waals surface area contributed by atoms with E-state index in [1.807, 2.05) is 9.80 Å². The fourth-order valence-corrected chi connectivity index (χ4v) is 4.12. The summed E-state index contributed by atoms with van der Waals surface area (Å²) in [6, 6.07) is 0.414. The van der Waals surface area contributed by atoms with Gasteiger partial charge in [0.15, 0.2) is 0 Å². The van der Waals surface area contributed by atoms with Crippen molar-refractivity contribution in [1.29, 1.82) is 0 Å². The highest BCUT2D eigenvalue weighted by Gasteiger charge is 2.40. The van der Waals surface area contributed by atoms with Crippen LogP contribution in [0.2, 0.25) is 0 Å². The molecule has 3 aliphatic rings.